The zero-order chi connectivity index (χ0) is 19.1. The fraction of sp³-hybridized carbons (Fsp3) is 0.292. The van der Waals surface area contributed by atoms with Gasteiger partial charge in [0.25, 0.3) is 0 Å². The molecule has 0 amide bonds. The summed E-state index contributed by atoms with van der Waals surface area (Å²) in [5, 5.41) is 10.7. The van der Waals surface area contributed by atoms with Gasteiger partial charge in [0.2, 0.25) is 5.90 Å². The second kappa shape index (κ2) is 6.64. The molecule has 28 heavy (non-hydrogen) atoms. The minimum absolute atomic E-state index is 0.309. The third kappa shape index (κ3) is 2.85. The van der Waals surface area contributed by atoms with Crippen LogP contribution < -0.4 is 4.74 Å². The summed E-state index contributed by atoms with van der Waals surface area (Å²) in [6.07, 6.45) is 1.81. The van der Waals surface area contributed by atoms with E-state index in [9.17, 15) is 0 Å². The summed E-state index contributed by atoms with van der Waals surface area (Å²) in [6.45, 7) is 2.91. The molecule has 0 atom stereocenters. The molecule has 4 heteroatoms. The number of hydrogen-bond acceptors (Lipinski definition) is 4. The molecule has 3 aromatic rings. The second-order valence-corrected chi connectivity index (χ2v) is 7.80. The van der Waals surface area contributed by atoms with Crippen LogP contribution in [0.5, 0.6) is 5.75 Å². The highest BCUT2D eigenvalue weighted by Gasteiger charge is 2.46. The van der Waals surface area contributed by atoms with E-state index in [1.807, 2.05) is 6.07 Å². The van der Waals surface area contributed by atoms with Gasteiger partial charge in [0.15, 0.2) is 0 Å². The number of ether oxygens (including phenoxy) is 2. The molecule has 2 heterocycles. The van der Waals surface area contributed by atoms with E-state index >= 15 is 0 Å². The minimum atomic E-state index is -0.364. The molecule has 2 aliphatic heterocycles. The van der Waals surface area contributed by atoms with Crippen LogP contribution in [0.3, 0.4) is 0 Å². The van der Waals surface area contributed by atoms with Crippen molar-refractivity contribution in [2.24, 2.45) is 0 Å². The van der Waals surface area contributed by atoms with Gasteiger partial charge in [-0.3, -0.25) is 10.3 Å². The van der Waals surface area contributed by atoms with Gasteiger partial charge in [-0.1, -0.05) is 36.4 Å². The fourth-order valence-corrected chi connectivity index (χ4v) is 4.56. The number of nitrogens with one attached hydrogen (secondary N) is 1. The topological polar surface area (TPSA) is 45.6 Å². The Labute approximate surface area is 165 Å². The molecule has 4 nitrogen and oxygen atoms in total. The molecule has 0 saturated carbocycles. The third-order valence-corrected chi connectivity index (χ3v) is 6.13. The number of hydrogen-bond donors (Lipinski definition) is 1. The van der Waals surface area contributed by atoms with E-state index in [0.717, 1.165) is 60.1 Å². The predicted octanol–water partition coefficient (Wildman–Crippen LogP) is 4.70. The van der Waals surface area contributed by atoms with E-state index < -0.39 is 0 Å². The van der Waals surface area contributed by atoms with Crippen LogP contribution >= 0.6 is 0 Å². The predicted molar refractivity (Wildman–Crippen MR) is 111 cm³/mol. The van der Waals surface area contributed by atoms with Crippen molar-refractivity contribution in [2.45, 2.75) is 25.0 Å². The number of likely N-dealkylation sites (tertiary alicyclic amines) is 1. The van der Waals surface area contributed by atoms with Gasteiger partial charge in [0.1, 0.15) is 11.4 Å². The lowest BCUT2D eigenvalue weighted by Crippen LogP contribution is -2.42. The maximum Gasteiger partial charge on any atom is 0.214 e. The first-order valence-electron chi connectivity index (χ1n) is 9.83. The zero-order valence-electron chi connectivity index (χ0n) is 16.1. The number of benzene rings is 3. The highest BCUT2D eigenvalue weighted by Crippen LogP contribution is 2.45. The van der Waals surface area contributed by atoms with Crippen molar-refractivity contribution in [1.29, 1.82) is 5.41 Å². The lowest BCUT2D eigenvalue weighted by Gasteiger charge is -2.39. The number of nitrogens with zero attached hydrogens (tertiary/aromatic N) is 1. The monoisotopic (exact) mass is 372 g/mol. The quantitative estimate of drug-likeness (QED) is 0.725. The van der Waals surface area contributed by atoms with E-state index in [0.29, 0.717) is 5.90 Å². The van der Waals surface area contributed by atoms with Crippen LogP contribution in [0, 0.1) is 5.41 Å². The van der Waals surface area contributed by atoms with Crippen molar-refractivity contribution in [2.75, 3.05) is 20.2 Å². The number of methoxy groups -OCH3 is 1. The van der Waals surface area contributed by atoms with E-state index in [4.69, 9.17) is 14.9 Å². The molecule has 1 saturated heterocycles. The Kier molecular flexibility index (Phi) is 4.09. The molecular formula is C24H24N2O2. The molecule has 5 rings (SSSR count). The average molecular weight is 372 g/mol. The molecule has 2 aliphatic rings. The average Bonchev–Trinajstić information content (AvgIpc) is 2.99. The van der Waals surface area contributed by atoms with Crippen LogP contribution in [-0.4, -0.2) is 31.0 Å². The SMILES string of the molecule is COc1ccc2cc3c(cc2c1)C1(CCN(Cc2ccccc2)CC1)OC3=N. The first-order valence-corrected chi connectivity index (χ1v) is 9.83. The summed E-state index contributed by atoms with van der Waals surface area (Å²) in [5.41, 5.74) is 3.08. The standard InChI is InChI=1S/C24H24N2O2/c1-27-20-8-7-18-14-21-22(15-19(18)13-20)24(28-23(21)25)9-11-26(12-10-24)16-17-5-3-2-4-6-17/h2-8,13-15,25H,9-12,16H2,1H3. The van der Waals surface area contributed by atoms with Crippen molar-refractivity contribution < 1.29 is 9.47 Å². The van der Waals surface area contributed by atoms with Crippen molar-refractivity contribution in [3.8, 4) is 5.75 Å². The Bertz CT molecular complexity index is 1040. The Morgan fingerprint density at radius 1 is 1.00 bits per heavy atom. The van der Waals surface area contributed by atoms with E-state index in [1.165, 1.54) is 5.56 Å². The Balaban J connectivity index is 1.43. The zero-order valence-corrected chi connectivity index (χ0v) is 16.1. The van der Waals surface area contributed by atoms with Gasteiger partial charge in [0.05, 0.1) is 7.11 Å². The molecule has 142 valence electrons. The normalized spacial score (nSPS) is 18.2. The maximum atomic E-state index is 8.41. The van der Waals surface area contributed by atoms with E-state index in [2.05, 4.69) is 59.5 Å². The van der Waals surface area contributed by atoms with Gasteiger partial charge >= 0.3 is 0 Å². The molecule has 0 radical (unpaired) electrons. The summed E-state index contributed by atoms with van der Waals surface area (Å²) < 4.78 is 11.6. The summed E-state index contributed by atoms with van der Waals surface area (Å²) >= 11 is 0. The second-order valence-electron chi connectivity index (χ2n) is 7.80. The smallest absolute Gasteiger partial charge is 0.214 e. The molecule has 3 aromatic carbocycles. The van der Waals surface area contributed by atoms with Gasteiger partial charge in [-0.05, 0) is 40.6 Å². The first-order chi connectivity index (χ1) is 13.7. The van der Waals surface area contributed by atoms with Crippen LogP contribution in [0.2, 0.25) is 0 Å². The third-order valence-electron chi connectivity index (χ3n) is 6.13. The summed E-state index contributed by atoms with van der Waals surface area (Å²) in [7, 11) is 1.69. The van der Waals surface area contributed by atoms with Crippen molar-refractivity contribution in [3.63, 3.8) is 0 Å². The maximum absolute atomic E-state index is 8.41. The van der Waals surface area contributed by atoms with Crippen LogP contribution in [-0.2, 0) is 16.9 Å². The van der Waals surface area contributed by atoms with Gasteiger partial charge in [-0.25, -0.2) is 0 Å². The Morgan fingerprint density at radius 3 is 2.54 bits per heavy atom. The summed E-state index contributed by atoms with van der Waals surface area (Å²) in [5.74, 6) is 1.16. The molecule has 1 N–H and O–H groups in total. The Hall–Kier alpha value is -2.85. The van der Waals surface area contributed by atoms with Gasteiger partial charge < -0.3 is 9.47 Å². The van der Waals surface area contributed by atoms with E-state index in [1.54, 1.807) is 7.11 Å². The van der Waals surface area contributed by atoms with Crippen LogP contribution in [0.1, 0.15) is 29.5 Å². The van der Waals surface area contributed by atoms with Crippen molar-refractivity contribution in [3.05, 3.63) is 77.4 Å². The Morgan fingerprint density at radius 2 is 1.79 bits per heavy atom. The first kappa shape index (κ1) is 17.3. The minimum Gasteiger partial charge on any atom is -0.497 e. The van der Waals surface area contributed by atoms with Crippen molar-refractivity contribution in [1.82, 2.24) is 4.90 Å². The lowest BCUT2D eigenvalue weighted by atomic mass is 9.82. The summed E-state index contributed by atoms with van der Waals surface area (Å²) in [4.78, 5) is 2.48. The highest BCUT2D eigenvalue weighted by atomic mass is 16.5. The number of piperidine rings is 1. The number of fused-ring (bicyclic) bond motifs is 3. The molecule has 0 aliphatic carbocycles. The van der Waals surface area contributed by atoms with Gasteiger partial charge in [-0.2, -0.15) is 0 Å². The van der Waals surface area contributed by atoms with Crippen LogP contribution in [0.15, 0.2) is 60.7 Å². The van der Waals surface area contributed by atoms with Gasteiger partial charge in [-0.15, -0.1) is 0 Å². The summed E-state index contributed by atoms with van der Waals surface area (Å²) in [6, 6.07) is 21.0. The lowest BCUT2D eigenvalue weighted by molar-refractivity contribution is -0.00510. The molecule has 0 unspecified atom stereocenters. The van der Waals surface area contributed by atoms with Crippen LogP contribution in [0.4, 0.5) is 0 Å². The highest BCUT2D eigenvalue weighted by molar-refractivity contribution is 6.01. The van der Waals surface area contributed by atoms with Crippen LogP contribution in [0.25, 0.3) is 10.8 Å². The molecule has 1 spiro atoms. The molecule has 0 bridgehead atoms. The van der Waals surface area contributed by atoms with E-state index in [-0.39, 0.29) is 5.60 Å². The van der Waals surface area contributed by atoms with Gasteiger partial charge in [0, 0.05) is 43.6 Å². The number of rotatable bonds is 3. The largest absolute Gasteiger partial charge is 0.497 e. The van der Waals surface area contributed by atoms with Crippen molar-refractivity contribution >= 4 is 16.7 Å². The molecule has 0 aromatic heterocycles. The molecular weight excluding hydrogens is 348 g/mol. The fourth-order valence-electron chi connectivity index (χ4n) is 4.56. The molecule has 1 fully saturated rings.